The first kappa shape index (κ1) is 17.1. The Balaban J connectivity index is 1.17. The van der Waals surface area contributed by atoms with Gasteiger partial charge in [-0.1, -0.05) is 38.5 Å². The number of carbonyl (C=O) groups excluding carboxylic acids is 2. The molecule has 4 heteroatoms. The minimum absolute atomic E-state index is 0.156. The highest BCUT2D eigenvalue weighted by molar-refractivity contribution is 5.84. The number of amides is 2. The van der Waals surface area contributed by atoms with E-state index in [1.807, 2.05) is 0 Å². The van der Waals surface area contributed by atoms with Crippen LogP contribution >= 0.6 is 0 Å². The monoisotopic (exact) mass is 358 g/mol. The van der Waals surface area contributed by atoms with Gasteiger partial charge in [0.05, 0.1) is 0 Å². The van der Waals surface area contributed by atoms with Crippen molar-refractivity contribution in [2.45, 2.75) is 89.1 Å². The van der Waals surface area contributed by atoms with Gasteiger partial charge in [0.1, 0.15) is 0 Å². The smallest absolute Gasteiger partial charge is 0.223 e. The largest absolute Gasteiger partial charge is 0.351 e. The number of fused-ring (bicyclic) bond motifs is 2. The van der Waals surface area contributed by atoms with Crippen LogP contribution in [0, 0.1) is 35.5 Å². The van der Waals surface area contributed by atoms with Crippen LogP contribution in [0.5, 0.6) is 0 Å². The highest BCUT2D eigenvalue weighted by Gasteiger charge is 2.56. The summed E-state index contributed by atoms with van der Waals surface area (Å²) < 4.78 is 0. The Bertz CT molecular complexity index is 502. The van der Waals surface area contributed by atoms with E-state index in [4.69, 9.17) is 0 Å². The van der Waals surface area contributed by atoms with Crippen molar-refractivity contribution in [2.24, 2.45) is 35.5 Å². The van der Waals surface area contributed by atoms with Gasteiger partial charge < -0.3 is 10.6 Å². The van der Waals surface area contributed by atoms with E-state index in [1.165, 1.54) is 64.2 Å². The van der Waals surface area contributed by atoms with Crippen molar-refractivity contribution >= 4 is 11.8 Å². The summed E-state index contributed by atoms with van der Waals surface area (Å²) in [6.07, 6.45) is 14.6. The zero-order chi connectivity index (χ0) is 17.7. The maximum atomic E-state index is 12.8. The molecule has 0 aliphatic heterocycles. The fourth-order valence-corrected chi connectivity index (χ4v) is 6.80. The molecule has 0 spiro atoms. The molecular weight excluding hydrogens is 324 g/mol. The second-order valence-corrected chi connectivity index (χ2v) is 9.79. The summed E-state index contributed by atoms with van der Waals surface area (Å²) in [7, 11) is 0. The lowest BCUT2D eigenvalue weighted by Crippen LogP contribution is -2.54. The quantitative estimate of drug-likeness (QED) is 0.809. The SMILES string of the molecule is O=C(N[C@@H]1CCCC[C@@H]1NC(=O)C1[C@@H]2CCCC[C@@H]12)C1[C@H]2CCCC[C@@H]12. The van der Waals surface area contributed by atoms with Gasteiger partial charge in [0.15, 0.2) is 0 Å². The van der Waals surface area contributed by atoms with Crippen molar-refractivity contribution in [2.75, 3.05) is 0 Å². The Morgan fingerprint density at radius 3 is 1.15 bits per heavy atom. The van der Waals surface area contributed by atoms with Crippen LogP contribution in [0.15, 0.2) is 0 Å². The normalized spacial score (nSPS) is 46.5. The molecule has 5 fully saturated rings. The van der Waals surface area contributed by atoms with Gasteiger partial charge in [-0.15, -0.1) is 0 Å². The highest BCUT2D eigenvalue weighted by atomic mass is 16.2. The molecule has 144 valence electrons. The summed E-state index contributed by atoms with van der Waals surface area (Å²) in [4.78, 5) is 25.6. The molecule has 5 rings (SSSR count). The third kappa shape index (κ3) is 3.07. The minimum Gasteiger partial charge on any atom is -0.351 e. The average Bonchev–Trinajstić information content (AvgIpc) is 3.55. The van der Waals surface area contributed by atoms with Gasteiger partial charge in [-0.3, -0.25) is 9.59 Å². The molecule has 0 aromatic rings. The first-order chi connectivity index (χ1) is 12.7. The standard InChI is InChI=1S/C22H34N2O2/c25-21(19-13-7-1-2-8-14(13)19)23-17-11-5-6-12-18(17)24-22(26)20-15-9-3-4-10-16(15)20/h13-20H,1-12H2,(H,23,25)(H,24,26)/t13-,14-,15-,16+,17+,18-,20?/m1/s1. The van der Waals surface area contributed by atoms with Crippen LogP contribution in [0.25, 0.3) is 0 Å². The third-order valence-electron chi connectivity index (χ3n) is 8.34. The Hall–Kier alpha value is -1.06. The summed E-state index contributed by atoms with van der Waals surface area (Å²) in [5.74, 6) is 3.78. The van der Waals surface area contributed by atoms with Gasteiger partial charge in [-0.25, -0.2) is 0 Å². The van der Waals surface area contributed by atoms with Crippen LogP contribution in [0.4, 0.5) is 0 Å². The molecule has 4 nitrogen and oxygen atoms in total. The lowest BCUT2D eigenvalue weighted by Gasteiger charge is -2.33. The molecule has 7 atom stereocenters. The van der Waals surface area contributed by atoms with Crippen molar-refractivity contribution < 1.29 is 9.59 Å². The van der Waals surface area contributed by atoms with Crippen LogP contribution < -0.4 is 10.6 Å². The summed E-state index contributed by atoms with van der Waals surface area (Å²) in [5.41, 5.74) is 0. The first-order valence-corrected chi connectivity index (χ1v) is 11.3. The third-order valence-corrected chi connectivity index (χ3v) is 8.34. The zero-order valence-electron chi connectivity index (χ0n) is 15.9. The Morgan fingerprint density at radius 2 is 0.808 bits per heavy atom. The van der Waals surface area contributed by atoms with E-state index >= 15 is 0 Å². The van der Waals surface area contributed by atoms with Crippen molar-refractivity contribution in [1.82, 2.24) is 10.6 Å². The maximum absolute atomic E-state index is 12.8. The molecule has 2 N–H and O–H groups in total. The summed E-state index contributed by atoms with van der Waals surface area (Å²) in [6, 6.07) is 0.312. The van der Waals surface area contributed by atoms with Gasteiger partial charge >= 0.3 is 0 Å². The van der Waals surface area contributed by atoms with E-state index < -0.39 is 0 Å². The van der Waals surface area contributed by atoms with E-state index in [0.29, 0.717) is 23.7 Å². The highest BCUT2D eigenvalue weighted by Crippen LogP contribution is 2.56. The number of hydrogen-bond donors (Lipinski definition) is 2. The van der Waals surface area contributed by atoms with Crippen LogP contribution in [0.3, 0.4) is 0 Å². The lowest BCUT2D eigenvalue weighted by atomic mass is 9.89. The second-order valence-electron chi connectivity index (χ2n) is 9.79. The van der Waals surface area contributed by atoms with Gasteiger partial charge in [-0.05, 0) is 62.2 Å². The molecule has 0 bridgehead atoms. The van der Waals surface area contributed by atoms with Crippen molar-refractivity contribution in [3.63, 3.8) is 0 Å². The molecule has 0 heterocycles. The van der Waals surface area contributed by atoms with Gasteiger partial charge in [-0.2, -0.15) is 0 Å². The molecular formula is C22H34N2O2. The molecule has 0 aromatic heterocycles. The second kappa shape index (κ2) is 6.83. The topological polar surface area (TPSA) is 58.2 Å². The molecule has 0 saturated heterocycles. The zero-order valence-corrected chi connectivity index (χ0v) is 15.9. The Morgan fingerprint density at radius 1 is 0.500 bits per heavy atom. The summed E-state index contributed by atoms with van der Waals surface area (Å²) >= 11 is 0. The maximum Gasteiger partial charge on any atom is 0.223 e. The lowest BCUT2D eigenvalue weighted by molar-refractivity contribution is -0.126. The predicted molar refractivity (Wildman–Crippen MR) is 100 cm³/mol. The summed E-state index contributed by atoms with van der Waals surface area (Å²) in [6.45, 7) is 0. The van der Waals surface area contributed by atoms with Crippen LogP contribution in [-0.4, -0.2) is 23.9 Å². The van der Waals surface area contributed by atoms with E-state index in [2.05, 4.69) is 10.6 Å². The van der Waals surface area contributed by atoms with Crippen molar-refractivity contribution in [3.05, 3.63) is 0 Å². The minimum atomic E-state index is 0.156. The van der Waals surface area contributed by atoms with Crippen molar-refractivity contribution in [3.8, 4) is 0 Å². The number of rotatable bonds is 4. The molecule has 5 aliphatic rings. The predicted octanol–water partition coefficient (Wildman–Crippen LogP) is 3.40. The van der Waals surface area contributed by atoms with Gasteiger partial charge in [0.25, 0.3) is 0 Å². The van der Waals surface area contributed by atoms with Crippen LogP contribution in [0.1, 0.15) is 77.0 Å². The molecule has 5 saturated carbocycles. The van der Waals surface area contributed by atoms with Gasteiger partial charge in [0, 0.05) is 23.9 Å². The van der Waals surface area contributed by atoms with Crippen LogP contribution in [-0.2, 0) is 9.59 Å². The first-order valence-electron chi connectivity index (χ1n) is 11.3. The van der Waals surface area contributed by atoms with E-state index in [-0.39, 0.29) is 35.7 Å². The number of hydrogen-bond acceptors (Lipinski definition) is 2. The Labute approximate surface area is 157 Å². The van der Waals surface area contributed by atoms with E-state index in [9.17, 15) is 9.59 Å². The number of nitrogens with one attached hydrogen (secondary N) is 2. The fraction of sp³-hybridized carbons (Fsp3) is 0.909. The molecule has 26 heavy (non-hydrogen) atoms. The molecule has 2 amide bonds. The van der Waals surface area contributed by atoms with Crippen LogP contribution in [0.2, 0.25) is 0 Å². The number of carbonyl (C=O) groups is 2. The molecule has 0 radical (unpaired) electrons. The Kier molecular flexibility index (Phi) is 4.48. The fourth-order valence-electron chi connectivity index (χ4n) is 6.80. The molecule has 5 aliphatic carbocycles. The van der Waals surface area contributed by atoms with Crippen molar-refractivity contribution in [1.29, 1.82) is 0 Å². The molecule has 0 aromatic carbocycles. The van der Waals surface area contributed by atoms with Gasteiger partial charge in [0.2, 0.25) is 11.8 Å². The molecule has 1 unspecified atom stereocenters. The summed E-state index contributed by atoms with van der Waals surface area (Å²) in [5, 5.41) is 6.72. The average molecular weight is 359 g/mol. The van der Waals surface area contributed by atoms with E-state index in [1.54, 1.807) is 0 Å². The van der Waals surface area contributed by atoms with E-state index in [0.717, 1.165) is 12.8 Å².